The van der Waals surface area contributed by atoms with E-state index < -0.39 is 20.8 Å². The van der Waals surface area contributed by atoms with E-state index in [0.717, 1.165) is 18.9 Å². The lowest BCUT2D eigenvalue weighted by Crippen LogP contribution is -2.23. The van der Waals surface area contributed by atoms with E-state index in [2.05, 4.69) is 5.32 Å². The van der Waals surface area contributed by atoms with Gasteiger partial charge in [0.25, 0.3) is 10.1 Å². The molecule has 168 valence electrons. The average molecular weight is 462 g/mol. The first-order chi connectivity index (χ1) is 15.8. The largest absolute Gasteiger partial charge is 0.354 e. The second kappa shape index (κ2) is 8.24. The summed E-state index contributed by atoms with van der Waals surface area (Å²) < 4.78 is 34.1. The van der Waals surface area contributed by atoms with Gasteiger partial charge in [-0.1, -0.05) is 55.7 Å². The Balaban J connectivity index is 1.59. The fraction of sp³-hybridized carbons (Fsp3) is 0.231. The summed E-state index contributed by atoms with van der Waals surface area (Å²) in [7, 11) is -4.66. The first-order valence-corrected chi connectivity index (χ1v) is 12.5. The van der Waals surface area contributed by atoms with Gasteiger partial charge in [-0.3, -0.25) is 14.1 Å². The summed E-state index contributed by atoms with van der Waals surface area (Å²) in [5, 5.41) is 3.01. The molecule has 0 aliphatic heterocycles. The number of rotatable bonds is 4. The second-order valence-electron chi connectivity index (χ2n) is 8.62. The van der Waals surface area contributed by atoms with Crippen LogP contribution in [0.3, 0.4) is 0 Å². The third kappa shape index (κ3) is 3.87. The van der Waals surface area contributed by atoms with Crippen LogP contribution in [-0.2, 0) is 10.1 Å². The number of fused-ring (bicyclic) bond motifs is 2. The molecule has 1 fully saturated rings. The summed E-state index contributed by atoms with van der Waals surface area (Å²) in [5.41, 5.74) is 2.24. The van der Waals surface area contributed by atoms with Crippen molar-refractivity contribution in [3.8, 4) is 0 Å². The summed E-state index contributed by atoms with van der Waals surface area (Å²) in [4.78, 5) is 25.9. The molecule has 1 saturated carbocycles. The Morgan fingerprint density at radius 1 is 0.758 bits per heavy atom. The van der Waals surface area contributed by atoms with Crippen LogP contribution in [-0.4, -0.2) is 24.5 Å². The Bertz CT molecular complexity index is 1370. The Hall–Kier alpha value is -3.29. The molecule has 0 radical (unpaired) electrons. The Labute approximate surface area is 192 Å². The van der Waals surface area contributed by atoms with Crippen molar-refractivity contribution < 1.29 is 22.6 Å². The molecule has 0 amide bonds. The highest BCUT2D eigenvalue weighted by molar-refractivity contribution is 7.86. The lowest BCUT2D eigenvalue weighted by atomic mass is 9.83. The van der Waals surface area contributed by atoms with Gasteiger partial charge in [-0.2, -0.15) is 8.42 Å². The van der Waals surface area contributed by atoms with Gasteiger partial charge in [0.05, 0.1) is 11.3 Å². The van der Waals surface area contributed by atoms with E-state index in [1.54, 1.807) is 24.3 Å². The van der Waals surface area contributed by atoms with Crippen molar-refractivity contribution in [3.05, 3.63) is 88.5 Å². The van der Waals surface area contributed by atoms with Crippen molar-refractivity contribution in [1.29, 1.82) is 0 Å². The fourth-order valence-electron chi connectivity index (χ4n) is 4.93. The van der Waals surface area contributed by atoms with Gasteiger partial charge < -0.3 is 5.32 Å². The molecule has 5 rings (SSSR count). The predicted molar refractivity (Wildman–Crippen MR) is 125 cm³/mol. The highest BCUT2D eigenvalue weighted by atomic mass is 32.2. The van der Waals surface area contributed by atoms with Crippen molar-refractivity contribution in [1.82, 2.24) is 0 Å². The van der Waals surface area contributed by atoms with Crippen LogP contribution in [0.2, 0.25) is 0 Å². The molecule has 7 heteroatoms. The molecular formula is C26H23NO5S. The standard InChI is InChI=1S/C26H23NO5S/c28-25-19-8-4-5-9-20(19)26(29)23-21(25)14-15-22(33(30,31)32)24(23)27-18-12-10-17(11-13-18)16-6-2-1-3-7-16/h4-5,8-16,27H,1-3,6-7H2,(H,30,31,32). The van der Waals surface area contributed by atoms with Crippen molar-refractivity contribution in [3.63, 3.8) is 0 Å². The van der Waals surface area contributed by atoms with Gasteiger partial charge >= 0.3 is 0 Å². The molecule has 2 aliphatic carbocycles. The third-order valence-electron chi connectivity index (χ3n) is 6.59. The first-order valence-electron chi connectivity index (χ1n) is 11.0. The van der Waals surface area contributed by atoms with E-state index in [1.807, 2.05) is 24.3 Å². The van der Waals surface area contributed by atoms with Crippen molar-refractivity contribution >= 4 is 33.1 Å². The fourth-order valence-corrected chi connectivity index (χ4v) is 5.58. The average Bonchev–Trinajstić information content (AvgIpc) is 2.82. The van der Waals surface area contributed by atoms with Crippen LogP contribution >= 0.6 is 0 Å². The zero-order chi connectivity index (χ0) is 23.2. The lowest BCUT2D eigenvalue weighted by molar-refractivity contribution is 0.0979. The van der Waals surface area contributed by atoms with Gasteiger partial charge in [0.1, 0.15) is 4.90 Å². The normalized spacial score (nSPS) is 16.3. The van der Waals surface area contributed by atoms with Crippen LogP contribution in [0.15, 0.2) is 65.6 Å². The monoisotopic (exact) mass is 461 g/mol. The van der Waals surface area contributed by atoms with Crippen molar-refractivity contribution in [2.75, 3.05) is 5.32 Å². The summed E-state index contributed by atoms with van der Waals surface area (Å²) >= 11 is 0. The molecule has 0 saturated heterocycles. The van der Waals surface area contributed by atoms with E-state index in [1.165, 1.54) is 30.9 Å². The minimum atomic E-state index is -4.66. The first kappa shape index (κ1) is 21.6. The predicted octanol–water partition coefficient (Wildman–Crippen LogP) is 5.50. The highest BCUT2D eigenvalue weighted by Gasteiger charge is 2.34. The van der Waals surface area contributed by atoms with Crippen LogP contribution in [0.1, 0.15) is 75.4 Å². The SMILES string of the molecule is O=C1c2ccccc2C(=O)c2c1ccc(S(=O)(=O)O)c2Nc1ccc(C2CCCCC2)cc1. The molecule has 0 spiro atoms. The van der Waals surface area contributed by atoms with Gasteiger partial charge in [0.2, 0.25) is 0 Å². The topological polar surface area (TPSA) is 101 Å². The van der Waals surface area contributed by atoms with Crippen LogP contribution in [0.25, 0.3) is 0 Å². The van der Waals surface area contributed by atoms with Crippen LogP contribution < -0.4 is 5.32 Å². The quantitative estimate of drug-likeness (QED) is 0.389. The number of hydrogen-bond acceptors (Lipinski definition) is 5. The van der Waals surface area contributed by atoms with E-state index in [-0.39, 0.29) is 33.7 Å². The molecule has 6 nitrogen and oxygen atoms in total. The van der Waals surface area contributed by atoms with E-state index in [9.17, 15) is 22.6 Å². The number of carbonyl (C=O) groups excluding carboxylic acids is 2. The molecule has 2 aliphatic rings. The van der Waals surface area contributed by atoms with Crippen molar-refractivity contribution in [2.45, 2.75) is 42.9 Å². The molecule has 3 aromatic carbocycles. The second-order valence-corrected chi connectivity index (χ2v) is 10.0. The van der Waals surface area contributed by atoms with E-state index in [0.29, 0.717) is 11.6 Å². The Morgan fingerprint density at radius 3 is 2.03 bits per heavy atom. The minimum absolute atomic E-state index is 0.0508. The minimum Gasteiger partial charge on any atom is -0.354 e. The van der Waals surface area contributed by atoms with E-state index >= 15 is 0 Å². The molecule has 2 N–H and O–H groups in total. The summed E-state index contributed by atoms with van der Waals surface area (Å²) in [6, 6.07) is 16.6. The molecule has 0 unspecified atom stereocenters. The van der Waals surface area contributed by atoms with Crippen LogP contribution in [0.5, 0.6) is 0 Å². The zero-order valence-electron chi connectivity index (χ0n) is 17.9. The number of ketones is 2. The summed E-state index contributed by atoms with van der Waals surface area (Å²) in [6.07, 6.45) is 6.01. The molecule has 0 aromatic heterocycles. The number of hydrogen-bond donors (Lipinski definition) is 2. The number of benzene rings is 3. The summed E-state index contributed by atoms with van der Waals surface area (Å²) in [5.74, 6) is -0.314. The van der Waals surface area contributed by atoms with Crippen LogP contribution in [0.4, 0.5) is 11.4 Å². The molecule has 33 heavy (non-hydrogen) atoms. The van der Waals surface area contributed by atoms with Gasteiger partial charge in [-0.05, 0) is 48.6 Å². The molecular weight excluding hydrogens is 438 g/mol. The molecule has 0 bridgehead atoms. The number of carbonyl (C=O) groups is 2. The Kier molecular flexibility index (Phi) is 5.38. The molecule has 0 heterocycles. The van der Waals surface area contributed by atoms with Gasteiger partial charge in [0.15, 0.2) is 11.6 Å². The summed E-state index contributed by atoms with van der Waals surface area (Å²) in [6.45, 7) is 0. The number of anilines is 2. The maximum absolute atomic E-state index is 13.3. The number of nitrogens with one attached hydrogen (secondary N) is 1. The van der Waals surface area contributed by atoms with Gasteiger partial charge in [0, 0.05) is 22.4 Å². The van der Waals surface area contributed by atoms with Crippen LogP contribution in [0, 0.1) is 0 Å². The zero-order valence-corrected chi connectivity index (χ0v) is 18.7. The van der Waals surface area contributed by atoms with Gasteiger partial charge in [-0.25, -0.2) is 0 Å². The third-order valence-corrected chi connectivity index (χ3v) is 7.49. The maximum atomic E-state index is 13.3. The van der Waals surface area contributed by atoms with Crippen molar-refractivity contribution in [2.24, 2.45) is 0 Å². The lowest BCUT2D eigenvalue weighted by Gasteiger charge is -2.23. The smallest absolute Gasteiger partial charge is 0.296 e. The molecule has 0 atom stereocenters. The molecule has 3 aromatic rings. The maximum Gasteiger partial charge on any atom is 0.296 e. The van der Waals surface area contributed by atoms with E-state index in [4.69, 9.17) is 0 Å². The Morgan fingerprint density at radius 2 is 1.39 bits per heavy atom. The highest BCUT2D eigenvalue weighted by Crippen LogP contribution is 2.38. The van der Waals surface area contributed by atoms with Gasteiger partial charge in [-0.15, -0.1) is 0 Å².